The molecular formula is C14H17F3N2O2. The van der Waals surface area contributed by atoms with Crippen LogP contribution in [0.2, 0.25) is 0 Å². The van der Waals surface area contributed by atoms with Crippen LogP contribution in [0.3, 0.4) is 0 Å². The highest BCUT2D eigenvalue weighted by atomic mass is 19.4. The van der Waals surface area contributed by atoms with Gasteiger partial charge in [0, 0.05) is 24.8 Å². The monoisotopic (exact) mass is 302 g/mol. The number of rotatable bonds is 3. The second-order valence-electron chi connectivity index (χ2n) is 5.02. The highest BCUT2D eigenvalue weighted by Crippen LogP contribution is 2.23. The first kappa shape index (κ1) is 15.8. The molecular weight excluding hydrogens is 285 g/mol. The fourth-order valence-corrected chi connectivity index (χ4v) is 2.21. The zero-order valence-corrected chi connectivity index (χ0v) is 11.6. The van der Waals surface area contributed by atoms with Gasteiger partial charge in [0.2, 0.25) is 0 Å². The summed E-state index contributed by atoms with van der Waals surface area (Å²) < 4.78 is 40.6. The summed E-state index contributed by atoms with van der Waals surface area (Å²) in [7, 11) is 0. The van der Waals surface area contributed by atoms with Crippen LogP contribution in [0.4, 0.5) is 18.9 Å². The van der Waals surface area contributed by atoms with Crippen LogP contribution in [0.25, 0.3) is 0 Å². The second kappa shape index (κ2) is 6.44. The van der Waals surface area contributed by atoms with Gasteiger partial charge in [-0.2, -0.15) is 13.2 Å². The molecule has 116 valence electrons. The van der Waals surface area contributed by atoms with E-state index < -0.39 is 25.3 Å². The van der Waals surface area contributed by atoms with Crippen LogP contribution in [0.1, 0.15) is 12.5 Å². The predicted octanol–water partition coefficient (Wildman–Crippen LogP) is 2.09. The molecule has 0 saturated heterocycles. The molecule has 0 fully saturated rings. The number of benzene rings is 1. The van der Waals surface area contributed by atoms with E-state index in [0.29, 0.717) is 13.1 Å². The van der Waals surface area contributed by atoms with Crippen molar-refractivity contribution in [2.75, 3.05) is 24.7 Å². The molecule has 1 atom stereocenters. The van der Waals surface area contributed by atoms with Gasteiger partial charge in [0.1, 0.15) is 13.2 Å². The summed E-state index contributed by atoms with van der Waals surface area (Å²) in [6.07, 6.45) is -4.42. The van der Waals surface area contributed by atoms with Crippen LogP contribution in [0, 0.1) is 0 Å². The Morgan fingerprint density at radius 1 is 1.43 bits per heavy atom. The van der Waals surface area contributed by atoms with Gasteiger partial charge >= 0.3 is 6.18 Å². The maximum atomic E-state index is 12.2. The minimum atomic E-state index is -4.42. The Morgan fingerprint density at radius 3 is 2.86 bits per heavy atom. The minimum Gasteiger partial charge on any atom is -0.362 e. The molecule has 1 N–H and O–H groups in total. The van der Waals surface area contributed by atoms with Gasteiger partial charge in [0.05, 0.1) is 0 Å². The highest BCUT2D eigenvalue weighted by Gasteiger charge is 2.29. The van der Waals surface area contributed by atoms with Gasteiger partial charge in [0.15, 0.2) is 0 Å². The lowest BCUT2D eigenvalue weighted by Crippen LogP contribution is -2.41. The van der Waals surface area contributed by atoms with E-state index in [1.165, 1.54) is 4.90 Å². The summed E-state index contributed by atoms with van der Waals surface area (Å²) in [6.45, 7) is 0.932. The zero-order valence-electron chi connectivity index (χ0n) is 11.6. The first-order valence-electron chi connectivity index (χ1n) is 6.63. The second-order valence-corrected chi connectivity index (χ2v) is 5.02. The first-order chi connectivity index (χ1) is 9.87. The number of halogens is 3. The Morgan fingerprint density at radius 2 is 2.14 bits per heavy atom. The maximum absolute atomic E-state index is 12.2. The summed E-state index contributed by atoms with van der Waals surface area (Å²) in [4.78, 5) is 13.6. The molecule has 2 rings (SSSR count). The van der Waals surface area contributed by atoms with Crippen molar-refractivity contribution in [1.82, 2.24) is 5.32 Å². The van der Waals surface area contributed by atoms with Crippen molar-refractivity contribution < 1.29 is 22.7 Å². The number of amides is 1. The molecule has 1 aliphatic heterocycles. The first-order valence-corrected chi connectivity index (χ1v) is 6.63. The summed E-state index contributed by atoms with van der Waals surface area (Å²) in [5.41, 5.74) is 1.65. The summed E-state index contributed by atoms with van der Waals surface area (Å²) in [5.74, 6) is -0.470. The normalized spacial score (nSPS) is 19.0. The molecule has 0 bridgehead atoms. The van der Waals surface area contributed by atoms with Gasteiger partial charge in [-0.25, -0.2) is 0 Å². The van der Waals surface area contributed by atoms with Gasteiger partial charge in [-0.3, -0.25) is 4.79 Å². The number of carbonyl (C=O) groups excluding carboxylic acids is 1. The topological polar surface area (TPSA) is 41.6 Å². The minimum absolute atomic E-state index is 0.0453. The number of anilines is 1. The average Bonchev–Trinajstić information content (AvgIpc) is 2.57. The SMILES string of the molecule is CC1CN(C(=O)COCC(F)(F)F)c2ccccc2CN1. The summed E-state index contributed by atoms with van der Waals surface area (Å²) in [6, 6.07) is 7.38. The third kappa shape index (κ3) is 4.44. The Balaban J connectivity index is 2.08. The number of alkyl halides is 3. The molecule has 1 unspecified atom stereocenters. The Kier molecular flexibility index (Phi) is 4.84. The van der Waals surface area contributed by atoms with Gasteiger partial charge in [0.25, 0.3) is 5.91 Å². The van der Waals surface area contributed by atoms with E-state index in [2.05, 4.69) is 10.1 Å². The Bertz CT molecular complexity index is 505. The number of nitrogens with zero attached hydrogens (tertiary/aromatic N) is 1. The summed E-state index contributed by atoms with van der Waals surface area (Å²) >= 11 is 0. The van der Waals surface area contributed by atoms with Gasteiger partial charge in [-0.05, 0) is 18.6 Å². The number of carbonyl (C=O) groups is 1. The molecule has 1 aliphatic rings. The third-order valence-electron chi connectivity index (χ3n) is 3.17. The van der Waals surface area contributed by atoms with E-state index >= 15 is 0 Å². The van der Waals surface area contributed by atoms with E-state index in [4.69, 9.17) is 0 Å². The van der Waals surface area contributed by atoms with Crippen molar-refractivity contribution in [3.63, 3.8) is 0 Å². The van der Waals surface area contributed by atoms with E-state index in [1.54, 1.807) is 12.1 Å². The van der Waals surface area contributed by atoms with E-state index in [-0.39, 0.29) is 6.04 Å². The molecule has 1 aromatic rings. The molecule has 4 nitrogen and oxygen atoms in total. The van der Waals surface area contributed by atoms with Crippen LogP contribution >= 0.6 is 0 Å². The standard InChI is InChI=1S/C14H17F3N2O2/c1-10-7-19(13(20)8-21-9-14(15,16)17)12-5-3-2-4-11(12)6-18-10/h2-5,10,18H,6-9H2,1H3. The highest BCUT2D eigenvalue weighted by molar-refractivity contribution is 5.95. The van der Waals surface area contributed by atoms with E-state index in [1.807, 2.05) is 19.1 Å². The Hall–Kier alpha value is -1.60. The van der Waals surface area contributed by atoms with Crippen molar-refractivity contribution in [3.8, 4) is 0 Å². The number of nitrogens with one attached hydrogen (secondary N) is 1. The third-order valence-corrected chi connectivity index (χ3v) is 3.17. The molecule has 1 heterocycles. The van der Waals surface area contributed by atoms with Gasteiger partial charge in [-0.1, -0.05) is 18.2 Å². The van der Waals surface area contributed by atoms with Crippen molar-refractivity contribution in [2.45, 2.75) is 25.7 Å². The molecule has 0 saturated carbocycles. The van der Waals surface area contributed by atoms with Crippen LogP contribution in [-0.4, -0.2) is 37.9 Å². The number of para-hydroxylation sites is 1. The van der Waals surface area contributed by atoms with E-state index in [0.717, 1.165) is 11.3 Å². The van der Waals surface area contributed by atoms with E-state index in [9.17, 15) is 18.0 Å². The molecule has 0 aromatic heterocycles. The number of hydrogen-bond donors (Lipinski definition) is 1. The van der Waals surface area contributed by atoms with Crippen LogP contribution in [-0.2, 0) is 16.1 Å². The average molecular weight is 302 g/mol. The lowest BCUT2D eigenvalue weighted by atomic mass is 10.1. The number of fused-ring (bicyclic) bond motifs is 1. The van der Waals surface area contributed by atoms with Crippen molar-refractivity contribution >= 4 is 11.6 Å². The molecule has 1 amide bonds. The number of ether oxygens (including phenoxy) is 1. The fraction of sp³-hybridized carbons (Fsp3) is 0.500. The van der Waals surface area contributed by atoms with Crippen molar-refractivity contribution in [1.29, 1.82) is 0 Å². The molecule has 21 heavy (non-hydrogen) atoms. The Labute approximate surface area is 120 Å². The number of hydrogen-bond acceptors (Lipinski definition) is 3. The fourth-order valence-electron chi connectivity index (χ4n) is 2.21. The summed E-state index contributed by atoms with van der Waals surface area (Å²) in [5, 5.41) is 3.25. The van der Waals surface area contributed by atoms with Gasteiger partial charge < -0.3 is 15.0 Å². The smallest absolute Gasteiger partial charge is 0.362 e. The predicted molar refractivity (Wildman–Crippen MR) is 72.0 cm³/mol. The molecule has 0 radical (unpaired) electrons. The van der Waals surface area contributed by atoms with Crippen LogP contribution in [0.15, 0.2) is 24.3 Å². The molecule has 0 spiro atoms. The quantitative estimate of drug-likeness (QED) is 0.929. The zero-order chi connectivity index (χ0) is 15.5. The van der Waals surface area contributed by atoms with Gasteiger partial charge in [-0.15, -0.1) is 0 Å². The molecule has 0 aliphatic carbocycles. The van der Waals surface area contributed by atoms with Crippen molar-refractivity contribution in [3.05, 3.63) is 29.8 Å². The van der Waals surface area contributed by atoms with Crippen molar-refractivity contribution in [2.24, 2.45) is 0 Å². The molecule has 1 aromatic carbocycles. The maximum Gasteiger partial charge on any atom is 0.411 e. The van der Waals surface area contributed by atoms with Crippen LogP contribution < -0.4 is 10.2 Å². The van der Waals surface area contributed by atoms with Crippen LogP contribution in [0.5, 0.6) is 0 Å². The lowest BCUT2D eigenvalue weighted by Gasteiger charge is -2.24. The largest absolute Gasteiger partial charge is 0.411 e. The lowest BCUT2D eigenvalue weighted by molar-refractivity contribution is -0.175. The molecule has 7 heteroatoms.